The monoisotopic (exact) mass is 1310 g/mol. The largest absolute Gasteiger partial charge is 0.463 e. The number of ether oxygens (including phenoxy) is 3. The molecule has 20 aliphatic rings. The van der Waals surface area contributed by atoms with Crippen LogP contribution in [0.3, 0.4) is 0 Å². The van der Waals surface area contributed by atoms with E-state index in [0.29, 0.717) is 38.1 Å². The average Bonchev–Trinajstić information content (AvgIpc) is 0.652. The van der Waals surface area contributed by atoms with Crippen LogP contribution in [-0.4, -0.2) is 38.5 Å². The van der Waals surface area contributed by atoms with Crippen molar-refractivity contribution in [3.63, 3.8) is 0 Å². The van der Waals surface area contributed by atoms with Crippen LogP contribution in [0, 0.1) is 337 Å². The quantitative estimate of drug-likeness (QED) is 0.170. The first-order valence-electron chi connectivity index (χ1n) is 44.4. The molecule has 0 radical (unpaired) electrons. The van der Waals surface area contributed by atoms with Crippen LogP contribution >= 0.6 is 0 Å². The lowest BCUT2D eigenvalue weighted by Gasteiger charge is -2.84. The van der Waals surface area contributed by atoms with Crippen molar-refractivity contribution in [3.05, 3.63) is 0 Å². The summed E-state index contributed by atoms with van der Waals surface area (Å²) in [6.07, 6.45) is 11.4. The molecule has 4 nitrogen and oxygen atoms in total. The molecule has 536 valence electrons. The van der Waals surface area contributed by atoms with E-state index in [9.17, 15) is 4.79 Å². The van der Waals surface area contributed by atoms with Crippen LogP contribution in [0.15, 0.2) is 0 Å². The van der Waals surface area contributed by atoms with Crippen molar-refractivity contribution in [2.24, 2.45) is 337 Å². The van der Waals surface area contributed by atoms with Crippen LogP contribution in [0.2, 0.25) is 0 Å². The zero-order valence-corrected chi connectivity index (χ0v) is 64.8. The number of esters is 1. The first kappa shape index (κ1) is 64.9. The molecule has 0 amide bonds. The molecule has 0 aromatic carbocycles. The number of rotatable bonds is 9. The lowest BCUT2D eigenvalue weighted by molar-refractivity contribution is -0.370. The normalized spacial score (nSPS) is 69.0. The Balaban J connectivity index is 0.682. The standard InChI is InChI=1S/C92H144O4/c1-21-54-36(4)61-40(8)65-44(12)69-48(16)73-52(20)74-49(17)70-45(13)66-41(9)62-37(5)55(28-29-58(93)96-32-31-94-33-53-23-22-30-95-53)57-27-25-35(3)60-39(7)64-43(11)68-47(15)72-51(19)75-50(18)71-46(14)67-42(10)63-38(6)59-34(2)24-26-56(54)76(59)78(61)80(63)82(65)84(67)86(69)88(71)90(73)92(75)91(74)89(72)87(70)85(68)83(66)81(64)79(62)77(57)60/h34-57,59-92H,21-33H2,1-20H3. The van der Waals surface area contributed by atoms with Crippen LogP contribution in [0.1, 0.15) is 196 Å². The van der Waals surface area contributed by atoms with E-state index in [1.54, 1.807) is 6.42 Å². The molecule has 4 heteroatoms. The predicted octanol–water partition coefficient (Wildman–Crippen LogP) is 20.2. The van der Waals surface area contributed by atoms with Gasteiger partial charge in [-0.3, -0.25) is 4.79 Å². The summed E-state index contributed by atoms with van der Waals surface area (Å²) in [7, 11) is 0. The summed E-state index contributed by atoms with van der Waals surface area (Å²) in [5, 5.41) is 0. The molecule has 96 heavy (non-hydrogen) atoms. The molecule has 19 aliphatic carbocycles. The lowest BCUT2D eigenvalue weighted by Crippen LogP contribution is -2.80. The van der Waals surface area contributed by atoms with Crippen molar-refractivity contribution in [1.82, 2.24) is 0 Å². The molecular weight excluding hydrogens is 1170 g/mol. The Morgan fingerprint density at radius 1 is 0.302 bits per heavy atom. The second-order valence-electron chi connectivity index (χ2n) is 43.9. The highest BCUT2D eigenvalue weighted by atomic mass is 16.6. The molecule has 20 rings (SSSR count). The third-order valence-electron chi connectivity index (χ3n) is 43.7. The first-order valence-corrected chi connectivity index (χ1v) is 44.4. The van der Waals surface area contributed by atoms with E-state index in [-0.39, 0.29) is 12.1 Å². The van der Waals surface area contributed by atoms with Gasteiger partial charge in [-0.2, -0.15) is 0 Å². The summed E-state index contributed by atoms with van der Waals surface area (Å²) in [4.78, 5) is 13.9. The fourth-order valence-corrected chi connectivity index (χ4v) is 44.0. The van der Waals surface area contributed by atoms with Gasteiger partial charge in [0.05, 0.1) is 19.3 Å². The Hall–Kier alpha value is -0.610. The fraction of sp³-hybridized carbons (Fsp3) is 0.989. The molecule has 0 bridgehead atoms. The smallest absolute Gasteiger partial charge is 0.305 e. The van der Waals surface area contributed by atoms with Gasteiger partial charge in [0, 0.05) is 13.0 Å². The summed E-state index contributed by atoms with van der Waals surface area (Å²) in [6.45, 7) is 61.5. The van der Waals surface area contributed by atoms with Gasteiger partial charge in [0.2, 0.25) is 0 Å². The van der Waals surface area contributed by atoms with Gasteiger partial charge in [0.15, 0.2) is 0 Å². The van der Waals surface area contributed by atoms with Crippen LogP contribution in [0.4, 0.5) is 0 Å². The second kappa shape index (κ2) is 22.2. The maximum Gasteiger partial charge on any atom is 0.305 e. The molecule has 1 saturated heterocycles. The van der Waals surface area contributed by atoms with Crippen molar-refractivity contribution in [1.29, 1.82) is 0 Å². The Morgan fingerprint density at radius 2 is 0.573 bits per heavy atom. The minimum absolute atomic E-state index is 0.0267. The highest BCUT2D eigenvalue weighted by molar-refractivity contribution is 5.69. The van der Waals surface area contributed by atoms with Crippen molar-refractivity contribution in [2.45, 2.75) is 202 Å². The zero-order chi connectivity index (χ0) is 66.4. The van der Waals surface area contributed by atoms with E-state index in [1.165, 1.54) is 25.7 Å². The predicted molar refractivity (Wildman–Crippen MR) is 385 cm³/mol. The third kappa shape index (κ3) is 7.62. The molecule has 1 aliphatic heterocycles. The van der Waals surface area contributed by atoms with E-state index < -0.39 is 0 Å². The van der Waals surface area contributed by atoms with Gasteiger partial charge in [-0.1, -0.05) is 158 Å². The van der Waals surface area contributed by atoms with Crippen molar-refractivity contribution in [2.75, 3.05) is 26.4 Å². The van der Waals surface area contributed by atoms with Crippen LogP contribution in [-0.2, 0) is 19.0 Å². The van der Waals surface area contributed by atoms with Gasteiger partial charge in [-0.25, -0.2) is 0 Å². The van der Waals surface area contributed by atoms with Gasteiger partial charge >= 0.3 is 5.97 Å². The molecule has 19 saturated carbocycles. The number of carbonyl (C=O) groups excluding carboxylic acids is 1. The lowest BCUT2D eigenvalue weighted by atomic mass is 9.21. The fourth-order valence-electron chi connectivity index (χ4n) is 44.0. The van der Waals surface area contributed by atoms with Crippen molar-refractivity contribution < 1.29 is 19.0 Å². The van der Waals surface area contributed by atoms with E-state index in [2.05, 4.69) is 138 Å². The molecule has 0 N–H and O–H groups in total. The van der Waals surface area contributed by atoms with Crippen molar-refractivity contribution in [3.8, 4) is 0 Å². The van der Waals surface area contributed by atoms with E-state index >= 15 is 0 Å². The number of carbonyl (C=O) groups is 1. The topological polar surface area (TPSA) is 44.8 Å². The molecule has 0 aromatic heterocycles. The van der Waals surface area contributed by atoms with E-state index in [4.69, 9.17) is 14.2 Å². The summed E-state index contributed by atoms with van der Waals surface area (Å²) in [5.74, 6) is 51.3. The zero-order valence-electron chi connectivity index (χ0n) is 64.8. The number of hydrogen-bond acceptors (Lipinski definition) is 4. The van der Waals surface area contributed by atoms with E-state index in [0.717, 1.165) is 351 Å². The van der Waals surface area contributed by atoms with Crippen LogP contribution in [0.5, 0.6) is 0 Å². The Kier molecular flexibility index (Phi) is 15.0. The minimum atomic E-state index is 0.0267. The molecule has 1 heterocycles. The average molecular weight is 1310 g/mol. The maximum atomic E-state index is 13.9. The molecular formula is C92H144O4. The van der Waals surface area contributed by atoms with Gasteiger partial charge in [-0.05, 0) is 369 Å². The summed E-state index contributed by atoms with van der Waals surface area (Å²) in [6, 6.07) is 0. The SMILES string of the molecule is CCC1C(C)C2C(C)C3C(C)C4C(C)C5C(C)C6C(C)C7C(C)C8C(C)C9C(C)C(CCC(=O)OCCOCC%10CCCO%10)C%10CCC(C)C%11C(C)C%12C(C)C%13C(C)C%14C(C)C%15C(C)C%16C(C)C%17C(C)C%18C(C)C%19C(C)CCC1C%19C2C%18C3C%17C4C%16C5C%15C6C%14C7C%13C8C%12C9C%10%11. The highest BCUT2D eigenvalue weighted by Crippen LogP contribution is 2.87. The highest BCUT2D eigenvalue weighted by Gasteiger charge is 2.83. The van der Waals surface area contributed by atoms with Crippen LogP contribution in [0.25, 0.3) is 0 Å². The molecule has 20 fully saturated rings. The van der Waals surface area contributed by atoms with Crippen LogP contribution < -0.4 is 0 Å². The van der Waals surface area contributed by atoms with Gasteiger partial charge in [0.1, 0.15) is 6.61 Å². The maximum absolute atomic E-state index is 13.9. The summed E-state index contributed by atoms with van der Waals surface area (Å²) in [5.41, 5.74) is 0. The number of hydrogen-bond donors (Lipinski definition) is 0. The molecule has 58 atom stereocenters. The third-order valence-corrected chi connectivity index (χ3v) is 43.7. The van der Waals surface area contributed by atoms with E-state index in [1.807, 2.05) is 0 Å². The first-order chi connectivity index (χ1) is 46.1. The Labute approximate surface area is 587 Å². The van der Waals surface area contributed by atoms with Gasteiger partial charge in [-0.15, -0.1) is 0 Å². The summed E-state index contributed by atoms with van der Waals surface area (Å²) < 4.78 is 17.9. The summed E-state index contributed by atoms with van der Waals surface area (Å²) >= 11 is 0. The van der Waals surface area contributed by atoms with Gasteiger partial charge in [0.25, 0.3) is 0 Å². The second-order valence-corrected chi connectivity index (χ2v) is 43.9. The molecule has 0 aromatic rings. The van der Waals surface area contributed by atoms with Gasteiger partial charge < -0.3 is 14.2 Å². The Morgan fingerprint density at radius 3 is 0.865 bits per heavy atom. The Bertz CT molecular complexity index is 3000. The minimum Gasteiger partial charge on any atom is -0.463 e. The molecule has 58 unspecified atom stereocenters. The molecule has 0 spiro atoms. The van der Waals surface area contributed by atoms with Crippen molar-refractivity contribution >= 4 is 5.97 Å².